The Bertz CT molecular complexity index is 657. The zero-order valence-corrected chi connectivity index (χ0v) is 11.9. The number of pyridine rings is 1. The SMILES string of the molecule is C#CCN1[C@@H]2CC[C@H]1C[C@@](C#N)(c1cncc(C#C)c1)C2. The lowest BCUT2D eigenvalue weighted by Gasteiger charge is -2.42. The zero-order valence-electron chi connectivity index (χ0n) is 11.9. The predicted molar refractivity (Wildman–Crippen MR) is 81.0 cm³/mol. The van der Waals surface area contributed by atoms with Crippen molar-refractivity contribution in [2.24, 2.45) is 0 Å². The molecule has 0 radical (unpaired) electrons. The average Bonchev–Trinajstić information content (AvgIpc) is 2.78. The second-order valence-electron chi connectivity index (χ2n) is 5.97. The molecule has 3 heteroatoms. The molecule has 0 unspecified atom stereocenters. The molecule has 3 nitrogen and oxygen atoms in total. The van der Waals surface area contributed by atoms with Crippen molar-refractivity contribution < 1.29 is 0 Å². The van der Waals surface area contributed by atoms with E-state index < -0.39 is 5.41 Å². The summed E-state index contributed by atoms with van der Waals surface area (Å²) < 4.78 is 0. The molecule has 0 saturated carbocycles. The number of hydrogen-bond acceptors (Lipinski definition) is 3. The molecule has 0 amide bonds. The van der Waals surface area contributed by atoms with E-state index in [1.54, 1.807) is 12.4 Å². The van der Waals surface area contributed by atoms with E-state index in [1.165, 1.54) is 0 Å². The third-order valence-electron chi connectivity index (χ3n) is 4.88. The van der Waals surface area contributed by atoms with E-state index in [1.807, 2.05) is 6.07 Å². The van der Waals surface area contributed by atoms with E-state index in [0.29, 0.717) is 18.6 Å². The van der Waals surface area contributed by atoms with Crippen LogP contribution in [0.1, 0.15) is 36.8 Å². The van der Waals surface area contributed by atoms with E-state index in [9.17, 15) is 5.26 Å². The number of rotatable bonds is 2. The van der Waals surface area contributed by atoms with Crippen molar-refractivity contribution in [2.75, 3.05) is 6.54 Å². The van der Waals surface area contributed by atoms with Crippen LogP contribution in [0.4, 0.5) is 0 Å². The maximum absolute atomic E-state index is 9.85. The highest BCUT2D eigenvalue weighted by atomic mass is 15.2. The van der Waals surface area contributed by atoms with E-state index in [-0.39, 0.29) is 0 Å². The van der Waals surface area contributed by atoms with Crippen LogP contribution < -0.4 is 0 Å². The van der Waals surface area contributed by atoms with Gasteiger partial charge >= 0.3 is 0 Å². The fourth-order valence-electron chi connectivity index (χ4n) is 3.88. The van der Waals surface area contributed by atoms with Crippen LogP contribution in [-0.4, -0.2) is 28.5 Å². The zero-order chi connectivity index (χ0) is 14.9. The van der Waals surface area contributed by atoms with Crippen molar-refractivity contribution in [1.82, 2.24) is 9.88 Å². The molecule has 1 aromatic heterocycles. The summed E-state index contributed by atoms with van der Waals surface area (Å²) in [5.74, 6) is 5.35. The first-order valence-electron chi connectivity index (χ1n) is 7.25. The molecule has 0 aromatic carbocycles. The van der Waals surface area contributed by atoms with Crippen LogP contribution in [0.25, 0.3) is 0 Å². The highest BCUT2D eigenvalue weighted by molar-refractivity contribution is 5.40. The maximum Gasteiger partial charge on any atom is 0.0867 e. The third-order valence-corrected chi connectivity index (χ3v) is 4.88. The molecule has 2 bridgehead atoms. The van der Waals surface area contributed by atoms with Crippen LogP contribution in [0.2, 0.25) is 0 Å². The van der Waals surface area contributed by atoms with E-state index in [2.05, 4.69) is 27.8 Å². The number of piperidine rings is 1. The van der Waals surface area contributed by atoms with Gasteiger partial charge in [0, 0.05) is 30.0 Å². The molecule has 3 heterocycles. The predicted octanol–water partition coefficient (Wildman–Crippen LogP) is 2.08. The Hall–Kier alpha value is -2.28. The number of fused-ring (bicyclic) bond motifs is 2. The Labute approximate surface area is 126 Å². The second kappa shape index (κ2) is 5.25. The van der Waals surface area contributed by atoms with E-state index >= 15 is 0 Å². The molecule has 1 aromatic rings. The molecule has 2 saturated heterocycles. The summed E-state index contributed by atoms with van der Waals surface area (Å²) in [5, 5.41) is 9.85. The summed E-state index contributed by atoms with van der Waals surface area (Å²) in [5.41, 5.74) is 1.22. The van der Waals surface area contributed by atoms with Gasteiger partial charge in [-0.15, -0.1) is 12.8 Å². The molecule has 3 rings (SSSR count). The fraction of sp³-hybridized carbons (Fsp3) is 0.444. The summed E-state index contributed by atoms with van der Waals surface area (Å²) in [7, 11) is 0. The molecule has 104 valence electrons. The lowest BCUT2D eigenvalue weighted by Crippen LogP contribution is -2.49. The van der Waals surface area contributed by atoms with Gasteiger partial charge in [-0.05, 0) is 37.3 Å². The maximum atomic E-state index is 9.85. The van der Waals surface area contributed by atoms with Crippen molar-refractivity contribution in [1.29, 1.82) is 5.26 Å². The molecular formula is C18H17N3. The summed E-state index contributed by atoms with van der Waals surface area (Å²) in [6.07, 6.45) is 18.3. The molecule has 2 fully saturated rings. The smallest absolute Gasteiger partial charge is 0.0867 e. The van der Waals surface area contributed by atoms with Gasteiger partial charge in [0.05, 0.1) is 18.0 Å². The standard InChI is InChI=1S/C18H17N3/c1-3-7-21-16-5-6-17(21)10-18(9-16,13-19)15-8-14(4-2)11-20-12-15/h1-2,8,11-12,16-17H,5-7,9-10H2/t16-,17+,18+. The summed E-state index contributed by atoms with van der Waals surface area (Å²) >= 11 is 0. The van der Waals surface area contributed by atoms with E-state index in [0.717, 1.165) is 36.8 Å². The fourth-order valence-corrected chi connectivity index (χ4v) is 3.88. The van der Waals surface area contributed by atoms with Crippen molar-refractivity contribution >= 4 is 0 Å². The lowest BCUT2D eigenvalue weighted by molar-refractivity contribution is 0.121. The van der Waals surface area contributed by atoms with Gasteiger partial charge < -0.3 is 0 Å². The molecule has 2 aliphatic rings. The Kier molecular flexibility index (Phi) is 3.42. The first-order chi connectivity index (χ1) is 10.2. The minimum atomic E-state index is -0.475. The Morgan fingerprint density at radius 1 is 1.29 bits per heavy atom. The summed E-state index contributed by atoms with van der Waals surface area (Å²) in [6, 6.07) is 5.29. The van der Waals surface area contributed by atoms with Gasteiger partial charge in [-0.3, -0.25) is 9.88 Å². The molecule has 0 spiro atoms. The lowest BCUT2D eigenvalue weighted by atomic mass is 9.71. The van der Waals surface area contributed by atoms with Gasteiger partial charge in [0.1, 0.15) is 0 Å². The minimum absolute atomic E-state index is 0.397. The van der Waals surface area contributed by atoms with Crippen molar-refractivity contribution in [3.05, 3.63) is 29.6 Å². The first-order valence-corrected chi connectivity index (χ1v) is 7.25. The molecule has 2 aliphatic heterocycles. The highest BCUT2D eigenvalue weighted by Gasteiger charge is 2.49. The van der Waals surface area contributed by atoms with Crippen molar-refractivity contribution in [2.45, 2.75) is 43.2 Å². The number of hydrogen-bond donors (Lipinski definition) is 0. The van der Waals surface area contributed by atoms with Crippen LogP contribution in [0.15, 0.2) is 18.5 Å². The number of terminal acetylenes is 2. The average molecular weight is 275 g/mol. The first kappa shape index (κ1) is 13.7. The minimum Gasteiger partial charge on any atom is -0.286 e. The Morgan fingerprint density at radius 3 is 2.57 bits per heavy atom. The molecule has 0 N–H and O–H groups in total. The Balaban J connectivity index is 1.96. The molecule has 0 aliphatic carbocycles. The Morgan fingerprint density at radius 2 is 2.00 bits per heavy atom. The monoisotopic (exact) mass is 275 g/mol. The van der Waals surface area contributed by atoms with Crippen LogP contribution in [0, 0.1) is 36.0 Å². The van der Waals surface area contributed by atoms with Crippen LogP contribution in [0.3, 0.4) is 0 Å². The second-order valence-corrected chi connectivity index (χ2v) is 5.97. The van der Waals surface area contributed by atoms with Gasteiger partial charge in [0.25, 0.3) is 0 Å². The molecular weight excluding hydrogens is 258 g/mol. The van der Waals surface area contributed by atoms with Crippen LogP contribution in [0.5, 0.6) is 0 Å². The van der Waals surface area contributed by atoms with Gasteiger partial charge in [0.2, 0.25) is 0 Å². The van der Waals surface area contributed by atoms with E-state index in [4.69, 9.17) is 12.8 Å². The topological polar surface area (TPSA) is 39.9 Å². The van der Waals surface area contributed by atoms with Crippen molar-refractivity contribution in [3.63, 3.8) is 0 Å². The van der Waals surface area contributed by atoms with Crippen molar-refractivity contribution in [3.8, 4) is 30.8 Å². The van der Waals surface area contributed by atoms with Crippen LogP contribution >= 0.6 is 0 Å². The summed E-state index contributed by atoms with van der Waals surface area (Å²) in [4.78, 5) is 6.59. The summed E-state index contributed by atoms with van der Waals surface area (Å²) in [6.45, 7) is 0.680. The molecule has 3 atom stereocenters. The number of aromatic nitrogens is 1. The van der Waals surface area contributed by atoms with Gasteiger partial charge in [-0.25, -0.2) is 0 Å². The van der Waals surface area contributed by atoms with Gasteiger partial charge in [-0.1, -0.05) is 11.8 Å². The number of nitrogens with zero attached hydrogens (tertiary/aromatic N) is 3. The van der Waals surface area contributed by atoms with Crippen LogP contribution in [-0.2, 0) is 5.41 Å². The van der Waals surface area contributed by atoms with Gasteiger partial charge in [0.15, 0.2) is 0 Å². The third kappa shape index (κ3) is 2.19. The number of nitriles is 1. The normalized spacial score (nSPS) is 31.1. The highest BCUT2D eigenvalue weighted by Crippen LogP contribution is 2.46. The largest absolute Gasteiger partial charge is 0.286 e. The molecule has 21 heavy (non-hydrogen) atoms. The van der Waals surface area contributed by atoms with Gasteiger partial charge in [-0.2, -0.15) is 5.26 Å². The quantitative estimate of drug-likeness (QED) is 0.776.